The molecule has 0 amide bonds. The molecule has 0 unspecified atom stereocenters. The Bertz CT molecular complexity index is 550. The van der Waals surface area contributed by atoms with Gasteiger partial charge in [0.25, 0.3) is 5.89 Å². The molecule has 4 heteroatoms. The van der Waals surface area contributed by atoms with Crippen LogP contribution in [0.3, 0.4) is 0 Å². The molecule has 19 heavy (non-hydrogen) atoms. The minimum atomic E-state index is 0.583. The Balaban J connectivity index is 1.79. The molecule has 0 radical (unpaired) electrons. The lowest BCUT2D eigenvalue weighted by Gasteiger charge is -1.98. The van der Waals surface area contributed by atoms with Gasteiger partial charge in [0.2, 0.25) is 0 Å². The SMILES string of the molecule is C(=C1\CCCNCC1)/c1noc(-c2ccccc2)n1. The van der Waals surface area contributed by atoms with Crippen LogP contribution in [-0.4, -0.2) is 23.2 Å². The van der Waals surface area contributed by atoms with Crippen molar-refractivity contribution >= 4 is 6.08 Å². The van der Waals surface area contributed by atoms with Gasteiger partial charge >= 0.3 is 0 Å². The lowest BCUT2D eigenvalue weighted by atomic mass is 10.1. The molecule has 1 fully saturated rings. The maximum absolute atomic E-state index is 5.30. The summed E-state index contributed by atoms with van der Waals surface area (Å²) in [4.78, 5) is 4.43. The van der Waals surface area contributed by atoms with E-state index in [1.54, 1.807) is 0 Å². The fraction of sp³-hybridized carbons (Fsp3) is 0.333. The number of nitrogens with one attached hydrogen (secondary N) is 1. The van der Waals surface area contributed by atoms with Gasteiger partial charge in [-0.25, -0.2) is 0 Å². The molecule has 0 bridgehead atoms. The van der Waals surface area contributed by atoms with Gasteiger partial charge in [-0.05, 0) is 50.6 Å². The second-order valence-electron chi connectivity index (χ2n) is 4.73. The number of hydrogen-bond acceptors (Lipinski definition) is 4. The molecule has 1 saturated heterocycles. The minimum Gasteiger partial charge on any atom is -0.334 e. The van der Waals surface area contributed by atoms with Gasteiger partial charge in [0, 0.05) is 5.56 Å². The van der Waals surface area contributed by atoms with Crippen molar-refractivity contribution in [2.45, 2.75) is 19.3 Å². The van der Waals surface area contributed by atoms with Crippen LogP contribution in [0.5, 0.6) is 0 Å². The minimum absolute atomic E-state index is 0.583. The third-order valence-corrected chi connectivity index (χ3v) is 3.27. The van der Waals surface area contributed by atoms with E-state index in [0.717, 1.165) is 31.5 Å². The molecule has 98 valence electrons. The number of rotatable bonds is 2. The first kappa shape index (κ1) is 12.1. The monoisotopic (exact) mass is 255 g/mol. The van der Waals surface area contributed by atoms with E-state index in [4.69, 9.17) is 4.52 Å². The van der Waals surface area contributed by atoms with Gasteiger partial charge < -0.3 is 9.84 Å². The Morgan fingerprint density at radius 3 is 2.89 bits per heavy atom. The molecule has 1 aromatic carbocycles. The van der Waals surface area contributed by atoms with Gasteiger partial charge in [-0.15, -0.1) is 0 Å². The van der Waals surface area contributed by atoms with Crippen LogP contribution >= 0.6 is 0 Å². The van der Waals surface area contributed by atoms with E-state index in [-0.39, 0.29) is 0 Å². The van der Waals surface area contributed by atoms with Crippen LogP contribution in [0.2, 0.25) is 0 Å². The normalized spacial score (nSPS) is 18.4. The summed E-state index contributed by atoms with van der Waals surface area (Å²) >= 11 is 0. The Hall–Kier alpha value is -1.94. The molecule has 1 aliphatic rings. The molecular formula is C15H17N3O. The second kappa shape index (κ2) is 5.80. The summed E-state index contributed by atoms with van der Waals surface area (Å²) in [5.41, 5.74) is 2.35. The van der Waals surface area contributed by atoms with Gasteiger partial charge in [0.05, 0.1) is 0 Å². The number of benzene rings is 1. The topological polar surface area (TPSA) is 51.0 Å². The van der Waals surface area contributed by atoms with E-state index in [9.17, 15) is 0 Å². The van der Waals surface area contributed by atoms with E-state index < -0.39 is 0 Å². The fourth-order valence-corrected chi connectivity index (χ4v) is 2.26. The summed E-state index contributed by atoms with van der Waals surface area (Å²) in [6.45, 7) is 2.13. The Morgan fingerprint density at radius 1 is 1.11 bits per heavy atom. The zero-order valence-corrected chi connectivity index (χ0v) is 10.8. The van der Waals surface area contributed by atoms with E-state index in [1.165, 1.54) is 12.0 Å². The van der Waals surface area contributed by atoms with E-state index in [1.807, 2.05) is 30.3 Å². The van der Waals surface area contributed by atoms with E-state index in [0.29, 0.717) is 11.7 Å². The zero-order valence-electron chi connectivity index (χ0n) is 10.8. The van der Waals surface area contributed by atoms with Crippen molar-refractivity contribution < 1.29 is 4.52 Å². The van der Waals surface area contributed by atoms with Crippen molar-refractivity contribution in [1.29, 1.82) is 0 Å². The van der Waals surface area contributed by atoms with Crippen LogP contribution < -0.4 is 5.32 Å². The molecule has 4 nitrogen and oxygen atoms in total. The Labute approximate surface area is 112 Å². The van der Waals surface area contributed by atoms with Crippen LogP contribution in [0.15, 0.2) is 40.4 Å². The average Bonchev–Trinajstić information content (AvgIpc) is 2.76. The summed E-state index contributed by atoms with van der Waals surface area (Å²) in [7, 11) is 0. The van der Waals surface area contributed by atoms with Crippen molar-refractivity contribution in [1.82, 2.24) is 15.5 Å². The molecule has 2 heterocycles. The van der Waals surface area contributed by atoms with Crippen LogP contribution in [-0.2, 0) is 0 Å². The lowest BCUT2D eigenvalue weighted by Crippen LogP contribution is -2.13. The molecular weight excluding hydrogens is 238 g/mol. The number of aromatic nitrogens is 2. The molecule has 3 rings (SSSR count). The van der Waals surface area contributed by atoms with Crippen LogP contribution in [0.25, 0.3) is 17.5 Å². The Morgan fingerprint density at radius 2 is 2.00 bits per heavy atom. The number of hydrogen-bond donors (Lipinski definition) is 1. The highest BCUT2D eigenvalue weighted by atomic mass is 16.5. The molecule has 1 N–H and O–H groups in total. The Kier molecular flexibility index (Phi) is 3.70. The summed E-state index contributed by atoms with van der Waals surface area (Å²) < 4.78 is 5.30. The summed E-state index contributed by atoms with van der Waals surface area (Å²) in [5.74, 6) is 1.26. The van der Waals surface area contributed by atoms with Crippen LogP contribution in [0.4, 0.5) is 0 Å². The molecule has 0 saturated carbocycles. The highest BCUT2D eigenvalue weighted by Gasteiger charge is 2.09. The van der Waals surface area contributed by atoms with Crippen LogP contribution in [0.1, 0.15) is 25.1 Å². The van der Waals surface area contributed by atoms with E-state index >= 15 is 0 Å². The van der Waals surface area contributed by atoms with Crippen molar-refractivity contribution in [3.63, 3.8) is 0 Å². The highest BCUT2D eigenvalue weighted by Crippen LogP contribution is 2.19. The smallest absolute Gasteiger partial charge is 0.258 e. The first-order valence-corrected chi connectivity index (χ1v) is 6.71. The molecule has 1 aliphatic heterocycles. The first-order valence-electron chi connectivity index (χ1n) is 6.71. The maximum Gasteiger partial charge on any atom is 0.258 e. The summed E-state index contributed by atoms with van der Waals surface area (Å²) in [5, 5.41) is 7.42. The van der Waals surface area contributed by atoms with Gasteiger partial charge in [0.15, 0.2) is 5.82 Å². The molecule has 2 aromatic rings. The number of nitrogens with zero attached hydrogens (tertiary/aromatic N) is 2. The molecule has 1 aromatic heterocycles. The molecule has 0 aliphatic carbocycles. The van der Waals surface area contributed by atoms with Gasteiger partial charge in [-0.3, -0.25) is 0 Å². The average molecular weight is 255 g/mol. The molecule has 0 spiro atoms. The fourth-order valence-electron chi connectivity index (χ4n) is 2.26. The van der Waals surface area contributed by atoms with Crippen molar-refractivity contribution in [3.8, 4) is 11.5 Å². The zero-order chi connectivity index (χ0) is 12.9. The van der Waals surface area contributed by atoms with Crippen molar-refractivity contribution in [2.75, 3.05) is 13.1 Å². The third-order valence-electron chi connectivity index (χ3n) is 3.27. The predicted octanol–water partition coefficient (Wildman–Crippen LogP) is 2.89. The van der Waals surface area contributed by atoms with Crippen molar-refractivity contribution in [2.24, 2.45) is 0 Å². The third kappa shape index (κ3) is 3.09. The van der Waals surface area contributed by atoms with Crippen molar-refractivity contribution in [3.05, 3.63) is 41.7 Å². The highest BCUT2D eigenvalue weighted by molar-refractivity contribution is 5.54. The van der Waals surface area contributed by atoms with Gasteiger partial charge in [-0.1, -0.05) is 28.9 Å². The van der Waals surface area contributed by atoms with Gasteiger partial charge in [0.1, 0.15) is 0 Å². The predicted molar refractivity (Wildman–Crippen MR) is 74.4 cm³/mol. The molecule has 0 atom stereocenters. The second-order valence-corrected chi connectivity index (χ2v) is 4.73. The largest absolute Gasteiger partial charge is 0.334 e. The van der Waals surface area contributed by atoms with Crippen LogP contribution in [0, 0.1) is 0 Å². The quantitative estimate of drug-likeness (QED) is 0.896. The summed E-state index contributed by atoms with van der Waals surface area (Å²) in [6.07, 6.45) is 5.41. The lowest BCUT2D eigenvalue weighted by molar-refractivity contribution is 0.428. The van der Waals surface area contributed by atoms with Gasteiger partial charge in [-0.2, -0.15) is 4.98 Å². The first-order chi connectivity index (χ1) is 9.42. The maximum atomic E-state index is 5.30. The summed E-state index contributed by atoms with van der Waals surface area (Å²) in [6, 6.07) is 9.85. The standard InChI is InChI=1S/C15H17N3O/c1-2-6-13(7-3-1)15-17-14(18-19-15)11-12-5-4-9-16-10-8-12/h1-3,6-7,11,16H,4-5,8-10H2/b12-11-. The van der Waals surface area contributed by atoms with E-state index in [2.05, 4.69) is 21.5 Å².